The number of hydrogen-bond donors (Lipinski definition) is 0. The topological polar surface area (TPSA) is 54.3 Å². The number of carbonyl (C=O) groups excluding carboxylic acids is 1. The first-order valence-electron chi connectivity index (χ1n) is 11.3. The first-order valence-corrected chi connectivity index (χ1v) is 12.2. The summed E-state index contributed by atoms with van der Waals surface area (Å²) >= 11 is 1.46. The minimum absolute atomic E-state index is 0.0759. The largest absolute Gasteiger partial charge is 0.372 e. The van der Waals surface area contributed by atoms with Crippen LogP contribution in [0.3, 0.4) is 0 Å². The van der Waals surface area contributed by atoms with Gasteiger partial charge in [0.25, 0.3) is 5.91 Å². The summed E-state index contributed by atoms with van der Waals surface area (Å²) in [7, 11) is 1.83. The Balaban J connectivity index is 1.23. The van der Waals surface area contributed by atoms with Gasteiger partial charge in [-0.2, -0.15) is 5.10 Å². The van der Waals surface area contributed by atoms with E-state index in [9.17, 15) is 4.79 Å². The monoisotopic (exact) mass is 457 g/mol. The van der Waals surface area contributed by atoms with Crippen LogP contribution in [0.15, 0.2) is 72.4 Å². The summed E-state index contributed by atoms with van der Waals surface area (Å²) in [5.41, 5.74) is 4.75. The molecule has 168 valence electrons. The van der Waals surface area contributed by atoms with Crippen LogP contribution in [-0.4, -0.2) is 45.7 Å². The summed E-state index contributed by atoms with van der Waals surface area (Å²) in [6.45, 7) is 2.82. The van der Waals surface area contributed by atoms with Crippen molar-refractivity contribution >= 4 is 22.9 Å². The van der Waals surface area contributed by atoms with E-state index in [0.29, 0.717) is 12.2 Å². The number of aromatic nitrogens is 3. The normalized spacial score (nSPS) is 13.8. The quantitative estimate of drug-likeness (QED) is 0.396. The Morgan fingerprint density at radius 1 is 1.00 bits per heavy atom. The van der Waals surface area contributed by atoms with E-state index in [4.69, 9.17) is 0 Å². The van der Waals surface area contributed by atoms with Crippen LogP contribution in [-0.2, 0) is 6.54 Å². The van der Waals surface area contributed by atoms with Gasteiger partial charge in [0.05, 0.1) is 11.9 Å². The number of carbonyl (C=O) groups is 1. The predicted molar refractivity (Wildman–Crippen MR) is 133 cm³/mol. The molecule has 1 fully saturated rings. The molecule has 7 heteroatoms. The molecule has 1 saturated heterocycles. The average Bonchev–Trinajstić information content (AvgIpc) is 3.55. The maximum Gasteiger partial charge on any atom is 0.273 e. The molecule has 2 aromatic carbocycles. The van der Waals surface area contributed by atoms with E-state index in [2.05, 4.69) is 39.2 Å². The lowest BCUT2D eigenvalue weighted by molar-refractivity contribution is 0.0780. The molecule has 0 spiro atoms. The molecule has 33 heavy (non-hydrogen) atoms. The highest BCUT2D eigenvalue weighted by Crippen LogP contribution is 2.25. The van der Waals surface area contributed by atoms with Crippen LogP contribution < -0.4 is 4.90 Å². The Kier molecular flexibility index (Phi) is 6.21. The Morgan fingerprint density at radius 3 is 2.52 bits per heavy atom. The van der Waals surface area contributed by atoms with Crippen molar-refractivity contribution in [1.82, 2.24) is 19.7 Å². The molecule has 4 aromatic rings. The standard InChI is InChI=1S/C26H27N5OS/c1-29(17-20-10-12-22(13-11-20)30-14-6-3-7-15-30)26(32)24-19-33-25(28-24)21-16-27-31(18-21)23-8-4-2-5-9-23/h2,4-5,8-13,16,18-19H,3,6-7,14-15,17H2,1H3. The summed E-state index contributed by atoms with van der Waals surface area (Å²) in [6, 6.07) is 18.5. The van der Waals surface area contributed by atoms with E-state index in [0.717, 1.165) is 34.9 Å². The number of hydrogen-bond acceptors (Lipinski definition) is 5. The third-order valence-electron chi connectivity index (χ3n) is 6.00. The summed E-state index contributed by atoms with van der Waals surface area (Å²) in [6.07, 6.45) is 7.59. The Bertz CT molecular complexity index is 1210. The van der Waals surface area contributed by atoms with E-state index in [-0.39, 0.29) is 5.91 Å². The van der Waals surface area contributed by atoms with Gasteiger partial charge in [-0.1, -0.05) is 30.3 Å². The molecule has 5 rings (SSSR count). The van der Waals surface area contributed by atoms with Crippen molar-refractivity contribution in [2.24, 2.45) is 0 Å². The van der Waals surface area contributed by atoms with Crippen molar-refractivity contribution in [1.29, 1.82) is 0 Å². The van der Waals surface area contributed by atoms with Gasteiger partial charge in [0, 0.05) is 49.5 Å². The second-order valence-corrected chi connectivity index (χ2v) is 9.28. The zero-order valence-electron chi connectivity index (χ0n) is 18.7. The molecular weight excluding hydrogens is 430 g/mol. The molecule has 0 saturated carbocycles. The van der Waals surface area contributed by atoms with E-state index in [1.165, 1.54) is 36.3 Å². The highest BCUT2D eigenvalue weighted by atomic mass is 32.1. The van der Waals surface area contributed by atoms with Crippen molar-refractivity contribution in [3.05, 3.63) is 83.6 Å². The SMILES string of the molecule is CN(Cc1ccc(N2CCCCC2)cc1)C(=O)c1csc(-c2cnn(-c3ccccc3)c2)n1. The van der Waals surface area contributed by atoms with Gasteiger partial charge in [-0.05, 0) is 49.1 Å². The van der Waals surface area contributed by atoms with Gasteiger partial charge in [0.15, 0.2) is 0 Å². The summed E-state index contributed by atoms with van der Waals surface area (Å²) in [5, 5.41) is 7.05. The van der Waals surface area contributed by atoms with Gasteiger partial charge in [-0.25, -0.2) is 9.67 Å². The van der Waals surface area contributed by atoms with Gasteiger partial charge in [0.1, 0.15) is 10.7 Å². The fourth-order valence-electron chi connectivity index (χ4n) is 4.17. The third-order valence-corrected chi connectivity index (χ3v) is 6.89. The zero-order valence-corrected chi connectivity index (χ0v) is 19.5. The van der Waals surface area contributed by atoms with Gasteiger partial charge in [-0.15, -0.1) is 11.3 Å². The third kappa shape index (κ3) is 4.83. The minimum Gasteiger partial charge on any atom is -0.372 e. The Morgan fingerprint density at radius 2 is 1.76 bits per heavy atom. The second-order valence-electron chi connectivity index (χ2n) is 8.42. The van der Waals surface area contributed by atoms with Gasteiger partial charge >= 0.3 is 0 Å². The molecule has 0 aliphatic carbocycles. The molecule has 1 aliphatic heterocycles. The van der Waals surface area contributed by atoms with E-state index < -0.39 is 0 Å². The number of nitrogens with zero attached hydrogens (tertiary/aromatic N) is 5. The molecule has 0 atom stereocenters. The lowest BCUT2D eigenvalue weighted by Crippen LogP contribution is -2.29. The van der Waals surface area contributed by atoms with Crippen LogP contribution in [0.4, 0.5) is 5.69 Å². The van der Waals surface area contributed by atoms with E-state index >= 15 is 0 Å². The highest BCUT2D eigenvalue weighted by molar-refractivity contribution is 7.13. The van der Waals surface area contributed by atoms with Gasteiger partial charge in [-0.3, -0.25) is 4.79 Å². The fraction of sp³-hybridized carbons (Fsp3) is 0.269. The molecule has 3 heterocycles. The number of para-hydroxylation sites is 1. The summed E-state index contributed by atoms with van der Waals surface area (Å²) in [5.74, 6) is -0.0759. The number of benzene rings is 2. The maximum absolute atomic E-state index is 13.0. The van der Waals surface area contributed by atoms with Crippen LogP contribution in [0.5, 0.6) is 0 Å². The predicted octanol–water partition coefficient (Wildman–Crippen LogP) is 5.26. The van der Waals surface area contributed by atoms with Crippen molar-refractivity contribution in [2.75, 3.05) is 25.0 Å². The maximum atomic E-state index is 13.0. The molecule has 1 aliphatic rings. The Hall–Kier alpha value is -3.45. The molecular formula is C26H27N5OS. The Labute approximate surface area is 198 Å². The van der Waals surface area contributed by atoms with Crippen molar-refractivity contribution in [3.63, 3.8) is 0 Å². The minimum atomic E-state index is -0.0759. The highest BCUT2D eigenvalue weighted by Gasteiger charge is 2.18. The van der Waals surface area contributed by atoms with E-state index in [1.54, 1.807) is 11.1 Å². The molecule has 0 unspecified atom stereocenters. The fourth-order valence-corrected chi connectivity index (χ4v) is 4.93. The lowest BCUT2D eigenvalue weighted by atomic mass is 10.1. The first-order chi connectivity index (χ1) is 16.2. The van der Waals surface area contributed by atoms with Crippen molar-refractivity contribution in [2.45, 2.75) is 25.8 Å². The van der Waals surface area contributed by atoms with Crippen LogP contribution in [0.1, 0.15) is 35.3 Å². The van der Waals surface area contributed by atoms with Crippen LogP contribution in [0.25, 0.3) is 16.3 Å². The second kappa shape index (κ2) is 9.58. The summed E-state index contributed by atoms with van der Waals surface area (Å²) < 4.78 is 1.82. The molecule has 1 amide bonds. The van der Waals surface area contributed by atoms with Gasteiger partial charge < -0.3 is 9.80 Å². The molecule has 6 nitrogen and oxygen atoms in total. The average molecular weight is 458 g/mol. The van der Waals surface area contributed by atoms with Crippen molar-refractivity contribution in [3.8, 4) is 16.3 Å². The van der Waals surface area contributed by atoms with Gasteiger partial charge in [0.2, 0.25) is 0 Å². The molecule has 0 N–H and O–H groups in total. The van der Waals surface area contributed by atoms with Crippen LogP contribution in [0, 0.1) is 0 Å². The van der Waals surface area contributed by atoms with E-state index in [1.807, 2.05) is 53.6 Å². The van der Waals surface area contributed by atoms with Crippen LogP contribution in [0.2, 0.25) is 0 Å². The lowest BCUT2D eigenvalue weighted by Gasteiger charge is -2.29. The van der Waals surface area contributed by atoms with Crippen molar-refractivity contribution < 1.29 is 4.79 Å². The van der Waals surface area contributed by atoms with Crippen LogP contribution >= 0.6 is 11.3 Å². The molecule has 0 bridgehead atoms. The number of piperidine rings is 1. The number of anilines is 1. The smallest absolute Gasteiger partial charge is 0.273 e. The molecule has 0 radical (unpaired) electrons. The summed E-state index contributed by atoms with van der Waals surface area (Å²) in [4.78, 5) is 21.7. The molecule has 2 aromatic heterocycles. The number of amides is 1. The zero-order chi connectivity index (χ0) is 22.6. The number of thiazole rings is 1. The first kappa shape index (κ1) is 21.4. The number of rotatable bonds is 6.